The van der Waals surface area contributed by atoms with E-state index in [-0.39, 0.29) is 24.3 Å². The molecule has 4 heterocycles. The van der Waals surface area contributed by atoms with Crippen LogP contribution in [-0.2, 0) is 10.8 Å². The summed E-state index contributed by atoms with van der Waals surface area (Å²) < 4.78 is 0. The summed E-state index contributed by atoms with van der Waals surface area (Å²) in [5.74, 6) is 0. The number of fused-ring (bicyclic) bond motifs is 8. The minimum Gasteiger partial charge on any atom is -0.311 e. The van der Waals surface area contributed by atoms with Crippen molar-refractivity contribution in [3.05, 3.63) is 180 Å². The first-order valence-electron chi connectivity index (χ1n) is 18.7. The predicted molar refractivity (Wildman–Crippen MR) is 222 cm³/mol. The van der Waals surface area contributed by atoms with E-state index in [4.69, 9.17) is 0 Å². The largest absolute Gasteiger partial charge is 0.311 e. The highest BCUT2D eigenvalue weighted by Gasteiger charge is 2.48. The van der Waals surface area contributed by atoms with E-state index in [2.05, 4.69) is 195 Å². The fourth-order valence-corrected chi connectivity index (χ4v) is 10.3. The van der Waals surface area contributed by atoms with Gasteiger partial charge in [0.1, 0.15) is 0 Å². The van der Waals surface area contributed by atoms with Crippen LogP contribution < -0.4 is 42.6 Å². The zero-order valence-corrected chi connectivity index (χ0v) is 30.1. The monoisotopic (exact) mass is 664 g/mol. The molecule has 0 radical (unpaired) electrons. The minimum absolute atomic E-state index is 0.0884. The maximum Gasteiger partial charge on any atom is 0.246 e. The summed E-state index contributed by atoms with van der Waals surface area (Å²) in [5.41, 5.74) is 21.1. The van der Waals surface area contributed by atoms with Crippen molar-refractivity contribution in [3.63, 3.8) is 0 Å². The van der Waals surface area contributed by atoms with Crippen LogP contribution in [-0.4, -0.2) is 13.4 Å². The van der Waals surface area contributed by atoms with E-state index < -0.39 is 0 Å². The van der Waals surface area contributed by atoms with Gasteiger partial charge in [-0.1, -0.05) is 178 Å². The lowest BCUT2D eigenvalue weighted by Crippen LogP contribution is -2.63. The molecule has 7 aromatic carbocycles. The highest BCUT2D eigenvalue weighted by molar-refractivity contribution is 7.01. The van der Waals surface area contributed by atoms with Crippen molar-refractivity contribution in [2.24, 2.45) is 0 Å². The SMILES string of the molecule is CC1(C)c2ccccc2N2c3cc4c(cc3B(c3ccccc3)c3cccc1c32)B(c1ccccc1)c1cccc2c1N4c1ccccc1C2(C)C. The summed E-state index contributed by atoms with van der Waals surface area (Å²) in [6.45, 7) is 9.76. The molecule has 0 fully saturated rings. The lowest BCUT2D eigenvalue weighted by Gasteiger charge is -2.49. The van der Waals surface area contributed by atoms with Crippen molar-refractivity contribution < 1.29 is 0 Å². The van der Waals surface area contributed by atoms with Crippen LogP contribution in [0.3, 0.4) is 0 Å². The van der Waals surface area contributed by atoms with Crippen LogP contribution in [0.5, 0.6) is 0 Å². The maximum atomic E-state index is 2.61. The van der Waals surface area contributed by atoms with Gasteiger partial charge in [0.05, 0.1) is 11.4 Å². The van der Waals surface area contributed by atoms with Crippen LogP contribution in [0, 0.1) is 0 Å². The predicted octanol–water partition coefficient (Wildman–Crippen LogP) is 7.56. The summed E-state index contributed by atoms with van der Waals surface area (Å²) >= 11 is 0. The minimum atomic E-state index is -0.144. The Labute approximate surface area is 307 Å². The molecule has 4 aliphatic heterocycles. The van der Waals surface area contributed by atoms with Crippen LogP contribution >= 0.6 is 0 Å². The smallest absolute Gasteiger partial charge is 0.246 e. The summed E-state index contributed by atoms with van der Waals surface area (Å²) in [6, 6.07) is 59.8. The molecule has 0 N–H and O–H groups in total. The standard InChI is InChI=1S/C48H38B2N2/c1-47(2)33-21-11-13-27-41(33)51-43-30-44-40(29-39(43)49(31-17-7-5-8-18-31)37-25-15-23-35(47)45(37)51)50(32-19-9-6-10-20-32)38-26-16-24-36-46(38)52(44)42-28-14-12-22-34(42)48(36,3)4/h5-30H,1-4H3. The number of anilines is 6. The van der Waals surface area contributed by atoms with Crippen LogP contribution in [0.25, 0.3) is 0 Å². The van der Waals surface area contributed by atoms with Gasteiger partial charge in [-0.3, -0.25) is 0 Å². The maximum absolute atomic E-state index is 2.61. The van der Waals surface area contributed by atoms with Gasteiger partial charge in [0.15, 0.2) is 0 Å². The van der Waals surface area contributed by atoms with Crippen LogP contribution in [0.15, 0.2) is 158 Å². The first-order valence-corrected chi connectivity index (χ1v) is 18.7. The van der Waals surface area contributed by atoms with Crippen LogP contribution in [0.4, 0.5) is 34.1 Å². The molecular formula is C48H38B2N2. The molecule has 4 aliphatic rings. The van der Waals surface area contributed by atoms with Crippen LogP contribution in [0.1, 0.15) is 49.9 Å². The van der Waals surface area contributed by atoms with Crippen molar-refractivity contribution in [1.29, 1.82) is 0 Å². The third kappa shape index (κ3) is 3.77. The van der Waals surface area contributed by atoms with Gasteiger partial charge in [-0.05, 0) is 62.3 Å². The zero-order chi connectivity index (χ0) is 34.9. The molecule has 0 spiro atoms. The Kier molecular flexibility index (Phi) is 6.00. The van der Waals surface area contributed by atoms with Gasteiger partial charge >= 0.3 is 0 Å². The van der Waals surface area contributed by atoms with E-state index in [9.17, 15) is 0 Å². The molecule has 0 saturated heterocycles. The summed E-state index contributed by atoms with van der Waals surface area (Å²) in [6.07, 6.45) is 0. The van der Waals surface area contributed by atoms with Gasteiger partial charge < -0.3 is 9.80 Å². The van der Waals surface area contributed by atoms with E-state index in [1.54, 1.807) is 0 Å². The average Bonchev–Trinajstić information content (AvgIpc) is 3.18. The third-order valence-electron chi connectivity index (χ3n) is 12.7. The summed E-state index contributed by atoms with van der Waals surface area (Å²) in [5, 5.41) is 0. The fourth-order valence-electron chi connectivity index (χ4n) is 10.3. The van der Waals surface area contributed by atoms with Gasteiger partial charge in [-0.25, -0.2) is 0 Å². The normalized spacial score (nSPS) is 16.2. The molecule has 0 saturated carbocycles. The Bertz CT molecular complexity index is 2430. The number of hydrogen-bond donors (Lipinski definition) is 0. The zero-order valence-electron chi connectivity index (χ0n) is 30.1. The highest BCUT2D eigenvalue weighted by atomic mass is 15.2. The second kappa shape index (κ2) is 10.4. The molecule has 246 valence electrons. The van der Waals surface area contributed by atoms with Crippen LogP contribution in [0.2, 0.25) is 0 Å². The van der Waals surface area contributed by atoms with Crippen molar-refractivity contribution >= 4 is 80.3 Å². The Balaban J connectivity index is 1.29. The van der Waals surface area contributed by atoms with Crippen molar-refractivity contribution in [1.82, 2.24) is 0 Å². The highest BCUT2D eigenvalue weighted by Crippen LogP contribution is 2.55. The number of nitrogens with zero attached hydrogens (tertiary/aromatic N) is 2. The quantitative estimate of drug-likeness (QED) is 0.176. The van der Waals surface area contributed by atoms with Gasteiger partial charge in [-0.15, -0.1) is 0 Å². The lowest BCUT2D eigenvalue weighted by atomic mass is 9.31. The van der Waals surface area contributed by atoms with E-state index in [0.29, 0.717) is 0 Å². The number of hydrogen-bond acceptors (Lipinski definition) is 2. The second-order valence-electron chi connectivity index (χ2n) is 16.1. The molecule has 0 atom stereocenters. The molecule has 0 unspecified atom stereocenters. The van der Waals surface area contributed by atoms with E-state index in [1.165, 1.54) is 89.2 Å². The van der Waals surface area contributed by atoms with E-state index >= 15 is 0 Å². The number of benzene rings is 7. The Hall–Kier alpha value is -5.73. The van der Waals surface area contributed by atoms with E-state index in [0.717, 1.165) is 0 Å². The van der Waals surface area contributed by atoms with Crippen molar-refractivity contribution in [3.8, 4) is 0 Å². The molecule has 0 aliphatic carbocycles. The summed E-state index contributed by atoms with van der Waals surface area (Å²) in [4.78, 5) is 5.22. The molecule has 2 nitrogen and oxygen atoms in total. The fraction of sp³-hybridized carbons (Fsp3) is 0.125. The topological polar surface area (TPSA) is 6.48 Å². The van der Waals surface area contributed by atoms with Gasteiger partial charge in [0.25, 0.3) is 0 Å². The third-order valence-corrected chi connectivity index (χ3v) is 12.7. The first kappa shape index (κ1) is 29.9. The summed E-state index contributed by atoms with van der Waals surface area (Å²) in [7, 11) is 0. The molecule has 0 amide bonds. The first-order chi connectivity index (χ1) is 25.4. The molecule has 52 heavy (non-hydrogen) atoms. The molecule has 0 aromatic heterocycles. The molecule has 7 aromatic rings. The molecule has 4 heteroatoms. The molecule has 0 bridgehead atoms. The molecule has 11 rings (SSSR count). The van der Waals surface area contributed by atoms with Crippen molar-refractivity contribution in [2.45, 2.75) is 38.5 Å². The van der Waals surface area contributed by atoms with E-state index in [1.807, 2.05) is 0 Å². The Morgan fingerprint density at radius 1 is 0.346 bits per heavy atom. The van der Waals surface area contributed by atoms with Crippen molar-refractivity contribution in [2.75, 3.05) is 9.80 Å². The van der Waals surface area contributed by atoms with Gasteiger partial charge in [0, 0.05) is 33.6 Å². The lowest BCUT2D eigenvalue weighted by molar-refractivity contribution is 0.632. The second-order valence-corrected chi connectivity index (χ2v) is 16.1. The Morgan fingerprint density at radius 2 is 0.731 bits per heavy atom. The average molecular weight is 664 g/mol. The number of rotatable bonds is 2. The molecular weight excluding hydrogens is 626 g/mol. The van der Waals surface area contributed by atoms with Gasteiger partial charge in [0.2, 0.25) is 13.4 Å². The van der Waals surface area contributed by atoms with Gasteiger partial charge in [-0.2, -0.15) is 0 Å². The number of para-hydroxylation sites is 4. The Morgan fingerprint density at radius 3 is 1.17 bits per heavy atom.